The first-order valence-corrected chi connectivity index (χ1v) is 11.0. The molecule has 2 bridgehead atoms. The monoisotopic (exact) mass is 400 g/mol. The molecular weight excluding hydrogens is 364 g/mol. The molecule has 2 heterocycles. The number of carbonyl (C=O) groups is 1. The predicted octanol–water partition coefficient (Wildman–Crippen LogP) is 5.31. The number of rotatable bonds is 11. The maximum atomic E-state index is 11.0. The number of benzene rings is 1. The number of hydrogen-bond donors (Lipinski definition) is 0. The molecule has 2 saturated heterocycles. The number of esters is 1. The quantitative estimate of drug-likeness (QED) is 0.373. The van der Waals surface area contributed by atoms with Gasteiger partial charge < -0.3 is 14.2 Å². The fourth-order valence-corrected chi connectivity index (χ4v) is 4.53. The van der Waals surface area contributed by atoms with Gasteiger partial charge in [0, 0.05) is 12.8 Å². The summed E-state index contributed by atoms with van der Waals surface area (Å²) < 4.78 is 17.4. The third-order valence-electron chi connectivity index (χ3n) is 6.24. The van der Waals surface area contributed by atoms with Crippen molar-refractivity contribution in [1.82, 2.24) is 0 Å². The van der Waals surface area contributed by atoms with Gasteiger partial charge in [-0.3, -0.25) is 4.79 Å². The van der Waals surface area contributed by atoms with Gasteiger partial charge in [-0.25, -0.2) is 0 Å². The molecule has 0 amide bonds. The van der Waals surface area contributed by atoms with Crippen LogP contribution in [0.4, 0.5) is 0 Å². The highest BCUT2D eigenvalue weighted by molar-refractivity contribution is 5.65. The van der Waals surface area contributed by atoms with Gasteiger partial charge in [0.1, 0.15) is 0 Å². The summed E-state index contributed by atoms with van der Waals surface area (Å²) in [7, 11) is 0. The normalized spacial score (nSPS) is 26.3. The Morgan fingerprint density at radius 1 is 1.14 bits per heavy atom. The average Bonchev–Trinajstić information content (AvgIpc) is 3.29. The van der Waals surface area contributed by atoms with E-state index >= 15 is 0 Å². The van der Waals surface area contributed by atoms with Crippen LogP contribution >= 0.6 is 0 Å². The van der Waals surface area contributed by atoms with Crippen LogP contribution in [0.1, 0.15) is 58.4 Å². The standard InChI is InChI=1S/C25H36O4/c1-19(26)28-18-25(2,3)15-9-5-8-12-21-22(24-14-13-23(21)29-24)17-27-16-20-10-6-4-7-11-20/h4-8,10-11,21-24H,9,12-18H2,1-3H3/b8-5-/t21-,22+,23-,24+/m1/s1. The van der Waals surface area contributed by atoms with Crippen molar-refractivity contribution in [2.75, 3.05) is 13.2 Å². The second kappa shape index (κ2) is 10.4. The fourth-order valence-electron chi connectivity index (χ4n) is 4.53. The van der Waals surface area contributed by atoms with Gasteiger partial charge in [0.25, 0.3) is 0 Å². The Hall–Kier alpha value is -1.65. The van der Waals surface area contributed by atoms with E-state index in [-0.39, 0.29) is 11.4 Å². The molecule has 3 rings (SSSR count). The summed E-state index contributed by atoms with van der Waals surface area (Å²) in [5.41, 5.74) is 1.24. The van der Waals surface area contributed by atoms with Crippen LogP contribution in [0.3, 0.4) is 0 Å². The second-order valence-corrected chi connectivity index (χ2v) is 9.31. The molecule has 4 atom stereocenters. The van der Waals surface area contributed by atoms with E-state index in [1.807, 2.05) is 6.07 Å². The molecule has 0 N–H and O–H groups in total. The van der Waals surface area contributed by atoms with Crippen molar-refractivity contribution in [3.63, 3.8) is 0 Å². The first kappa shape index (κ1) is 22.0. The fraction of sp³-hybridized carbons (Fsp3) is 0.640. The Bertz CT molecular complexity index is 667. The van der Waals surface area contributed by atoms with Gasteiger partial charge in [-0.1, -0.05) is 56.3 Å². The summed E-state index contributed by atoms with van der Waals surface area (Å²) >= 11 is 0. The Morgan fingerprint density at radius 2 is 1.86 bits per heavy atom. The van der Waals surface area contributed by atoms with E-state index in [9.17, 15) is 4.79 Å². The van der Waals surface area contributed by atoms with Crippen LogP contribution < -0.4 is 0 Å². The van der Waals surface area contributed by atoms with E-state index in [1.165, 1.54) is 25.3 Å². The Kier molecular flexibility index (Phi) is 7.91. The lowest BCUT2D eigenvalue weighted by Gasteiger charge is -2.27. The van der Waals surface area contributed by atoms with Crippen molar-refractivity contribution in [3.8, 4) is 0 Å². The van der Waals surface area contributed by atoms with Crippen LogP contribution in [0.2, 0.25) is 0 Å². The molecule has 1 aromatic rings. The van der Waals surface area contributed by atoms with Crippen molar-refractivity contribution in [3.05, 3.63) is 48.0 Å². The van der Waals surface area contributed by atoms with Crippen molar-refractivity contribution in [1.29, 1.82) is 0 Å². The highest BCUT2D eigenvalue weighted by atomic mass is 16.5. The molecule has 1 aromatic carbocycles. The Morgan fingerprint density at radius 3 is 2.59 bits per heavy atom. The molecule has 4 heteroatoms. The van der Waals surface area contributed by atoms with E-state index in [2.05, 4.69) is 50.3 Å². The molecular formula is C25H36O4. The number of ether oxygens (including phenoxy) is 3. The Labute approximate surface area is 175 Å². The molecule has 2 aliphatic heterocycles. The maximum absolute atomic E-state index is 11.0. The lowest BCUT2D eigenvalue weighted by atomic mass is 9.78. The van der Waals surface area contributed by atoms with Crippen LogP contribution in [0.25, 0.3) is 0 Å². The average molecular weight is 401 g/mol. The molecule has 4 nitrogen and oxygen atoms in total. The number of hydrogen-bond acceptors (Lipinski definition) is 4. The van der Waals surface area contributed by atoms with Crippen molar-refractivity contribution < 1.29 is 19.0 Å². The molecule has 0 radical (unpaired) electrons. The molecule has 0 saturated carbocycles. The van der Waals surface area contributed by atoms with Gasteiger partial charge in [0.15, 0.2) is 0 Å². The van der Waals surface area contributed by atoms with Gasteiger partial charge >= 0.3 is 5.97 Å². The largest absolute Gasteiger partial charge is 0.465 e. The number of carbonyl (C=O) groups excluding carboxylic acids is 1. The third kappa shape index (κ3) is 6.68. The highest BCUT2D eigenvalue weighted by Crippen LogP contribution is 2.45. The van der Waals surface area contributed by atoms with Crippen LogP contribution in [-0.4, -0.2) is 31.4 Å². The SMILES string of the molecule is CC(=O)OCC(C)(C)CC/C=C\C[C@@H]1[C@H](COCc2ccccc2)[C@@H]2CC[C@H]1O2. The lowest BCUT2D eigenvalue weighted by molar-refractivity contribution is -0.144. The van der Waals surface area contributed by atoms with E-state index in [4.69, 9.17) is 14.2 Å². The van der Waals surface area contributed by atoms with Gasteiger partial charge in [0.05, 0.1) is 32.0 Å². The minimum atomic E-state index is -0.203. The first-order valence-electron chi connectivity index (χ1n) is 11.0. The molecule has 29 heavy (non-hydrogen) atoms. The van der Waals surface area contributed by atoms with Crippen LogP contribution in [0.15, 0.2) is 42.5 Å². The summed E-state index contributed by atoms with van der Waals surface area (Å²) in [6.45, 7) is 7.70. The lowest BCUT2D eigenvalue weighted by Crippen LogP contribution is -2.30. The second-order valence-electron chi connectivity index (χ2n) is 9.31. The smallest absolute Gasteiger partial charge is 0.302 e. The van der Waals surface area contributed by atoms with Gasteiger partial charge in [-0.2, -0.15) is 0 Å². The van der Waals surface area contributed by atoms with Crippen LogP contribution in [-0.2, 0) is 25.6 Å². The minimum absolute atomic E-state index is 0.0133. The van der Waals surface area contributed by atoms with Crippen molar-refractivity contribution in [2.45, 2.75) is 71.7 Å². The zero-order chi connectivity index (χ0) is 20.7. The van der Waals surface area contributed by atoms with Crippen LogP contribution in [0.5, 0.6) is 0 Å². The van der Waals surface area contributed by atoms with E-state index in [0.29, 0.717) is 37.3 Å². The molecule has 0 spiro atoms. The topological polar surface area (TPSA) is 44.8 Å². The summed E-state index contributed by atoms with van der Waals surface area (Å²) in [5.74, 6) is 0.864. The molecule has 0 unspecified atom stereocenters. The highest BCUT2D eigenvalue weighted by Gasteiger charge is 2.48. The number of allylic oxidation sites excluding steroid dienone is 2. The molecule has 160 valence electrons. The van der Waals surface area contributed by atoms with E-state index < -0.39 is 0 Å². The van der Waals surface area contributed by atoms with E-state index in [1.54, 1.807) is 0 Å². The van der Waals surface area contributed by atoms with E-state index in [0.717, 1.165) is 25.9 Å². The zero-order valence-corrected chi connectivity index (χ0v) is 18.1. The summed E-state index contributed by atoms with van der Waals surface area (Å²) in [5, 5.41) is 0. The summed E-state index contributed by atoms with van der Waals surface area (Å²) in [4.78, 5) is 11.0. The van der Waals surface area contributed by atoms with Crippen LogP contribution in [0, 0.1) is 17.3 Å². The van der Waals surface area contributed by atoms with Crippen molar-refractivity contribution >= 4 is 5.97 Å². The summed E-state index contributed by atoms with van der Waals surface area (Å²) in [6.07, 6.45) is 10.8. The van der Waals surface area contributed by atoms with Gasteiger partial charge in [0.2, 0.25) is 0 Å². The minimum Gasteiger partial charge on any atom is -0.465 e. The Balaban J connectivity index is 1.41. The van der Waals surface area contributed by atoms with Gasteiger partial charge in [-0.05, 0) is 49.0 Å². The maximum Gasteiger partial charge on any atom is 0.302 e. The predicted molar refractivity (Wildman–Crippen MR) is 114 cm³/mol. The molecule has 0 aromatic heterocycles. The zero-order valence-electron chi connectivity index (χ0n) is 18.1. The number of fused-ring (bicyclic) bond motifs is 2. The first-order chi connectivity index (χ1) is 13.9. The molecule has 0 aliphatic carbocycles. The van der Waals surface area contributed by atoms with Gasteiger partial charge in [-0.15, -0.1) is 0 Å². The molecule has 2 fully saturated rings. The summed E-state index contributed by atoms with van der Waals surface area (Å²) in [6, 6.07) is 10.4. The third-order valence-corrected chi connectivity index (χ3v) is 6.24. The molecule has 2 aliphatic rings. The van der Waals surface area contributed by atoms with Crippen molar-refractivity contribution in [2.24, 2.45) is 17.3 Å².